The number of unbranched alkanes of at least 4 members (excludes halogenated alkanes) is 2. The lowest BCUT2D eigenvalue weighted by Gasteiger charge is -2.36. The zero-order chi connectivity index (χ0) is 21.7. The summed E-state index contributed by atoms with van der Waals surface area (Å²) >= 11 is 0. The predicted molar refractivity (Wildman–Crippen MR) is 119 cm³/mol. The molecule has 2 aliphatic heterocycles. The van der Waals surface area contributed by atoms with Crippen LogP contribution >= 0.6 is 0 Å². The number of hydrogen-bond donors (Lipinski definition) is 0. The van der Waals surface area contributed by atoms with Gasteiger partial charge in [-0.2, -0.15) is 0 Å². The molecule has 164 valence electrons. The SMILES string of the molecule is CCCCCN1C(=O)C(c2ccc(OCC)cc2)=C(N(C)C2CCN(C)CC2)C1=O. The van der Waals surface area contributed by atoms with E-state index in [9.17, 15) is 9.59 Å². The van der Waals surface area contributed by atoms with Gasteiger partial charge in [0.05, 0.1) is 12.2 Å². The van der Waals surface area contributed by atoms with Gasteiger partial charge in [-0.1, -0.05) is 31.9 Å². The number of benzene rings is 1. The van der Waals surface area contributed by atoms with E-state index >= 15 is 0 Å². The molecule has 1 saturated heterocycles. The molecular weight excluding hydrogens is 378 g/mol. The summed E-state index contributed by atoms with van der Waals surface area (Å²) in [6.07, 6.45) is 4.89. The lowest BCUT2D eigenvalue weighted by Crippen LogP contribution is -2.43. The van der Waals surface area contributed by atoms with Gasteiger partial charge in [0.1, 0.15) is 11.4 Å². The van der Waals surface area contributed by atoms with Crippen LogP contribution < -0.4 is 4.74 Å². The van der Waals surface area contributed by atoms with Gasteiger partial charge in [0, 0.05) is 19.6 Å². The first-order chi connectivity index (χ1) is 14.5. The van der Waals surface area contributed by atoms with Crippen LogP contribution in [0.3, 0.4) is 0 Å². The third-order valence-electron chi connectivity index (χ3n) is 6.17. The minimum atomic E-state index is -0.171. The van der Waals surface area contributed by atoms with Crippen molar-refractivity contribution in [3.05, 3.63) is 35.5 Å². The van der Waals surface area contributed by atoms with E-state index in [1.165, 1.54) is 4.90 Å². The van der Waals surface area contributed by atoms with Crippen LogP contribution in [0.2, 0.25) is 0 Å². The number of likely N-dealkylation sites (tertiary alicyclic amines) is 1. The van der Waals surface area contributed by atoms with Gasteiger partial charge < -0.3 is 14.5 Å². The lowest BCUT2D eigenvalue weighted by atomic mass is 10.00. The van der Waals surface area contributed by atoms with Gasteiger partial charge >= 0.3 is 0 Å². The van der Waals surface area contributed by atoms with Crippen molar-refractivity contribution in [3.8, 4) is 5.75 Å². The molecule has 2 heterocycles. The molecule has 0 saturated carbocycles. The molecule has 0 aliphatic carbocycles. The molecule has 0 spiro atoms. The van der Waals surface area contributed by atoms with E-state index in [4.69, 9.17) is 4.74 Å². The van der Waals surface area contributed by atoms with E-state index < -0.39 is 0 Å². The fourth-order valence-corrected chi connectivity index (χ4v) is 4.32. The van der Waals surface area contributed by atoms with Gasteiger partial charge in [-0.15, -0.1) is 0 Å². The molecule has 6 heteroatoms. The maximum atomic E-state index is 13.4. The predicted octanol–water partition coefficient (Wildman–Crippen LogP) is 3.38. The molecule has 1 aromatic carbocycles. The zero-order valence-electron chi connectivity index (χ0n) is 18.8. The Balaban J connectivity index is 1.93. The number of imide groups is 1. The Morgan fingerprint density at radius 3 is 2.30 bits per heavy atom. The fourth-order valence-electron chi connectivity index (χ4n) is 4.32. The van der Waals surface area contributed by atoms with E-state index in [1.54, 1.807) is 0 Å². The monoisotopic (exact) mass is 413 g/mol. The van der Waals surface area contributed by atoms with Gasteiger partial charge in [-0.25, -0.2) is 0 Å². The van der Waals surface area contributed by atoms with Crippen LogP contribution in [0, 0.1) is 0 Å². The summed E-state index contributed by atoms with van der Waals surface area (Å²) in [7, 11) is 4.10. The number of likely N-dealkylation sites (N-methyl/N-ethyl adjacent to an activating group) is 1. The normalized spacial score (nSPS) is 18.5. The van der Waals surface area contributed by atoms with Crippen LogP contribution in [0.25, 0.3) is 5.57 Å². The topological polar surface area (TPSA) is 53.1 Å². The molecule has 0 aromatic heterocycles. The smallest absolute Gasteiger partial charge is 0.277 e. The van der Waals surface area contributed by atoms with Crippen molar-refractivity contribution in [2.45, 2.75) is 52.0 Å². The Kier molecular flexibility index (Phi) is 7.53. The van der Waals surface area contributed by atoms with Gasteiger partial charge in [0.15, 0.2) is 0 Å². The summed E-state index contributed by atoms with van der Waals surface area (Å²) in [6.45, 7) is 7.15. The Morgan fingerprint density at radius 2 is 1.70 bits per heavy atom. The molecule has 0 radical (unpaired) electrons. The fraction of sp³-hybridized carbons (Fsp3) is 0.583. The van der Waals surface area contributed by atoms with Crippen LogP contribution in [-0.4, -0.2) is 72.9 Å². The standard InChI is InChI=1S/C24H35N3O3/c1-5-7-8-15-27-23(28)21(18-9-11-20(12-10-18)30-6-2)22(24(27)29)26(4)19-13-16-25(3)17-14-19/h9-12,19H,5-8,13-17H2,1-4H3. The minimum Gasteiger partial charge on any atom is -0.494 e. The Hall–Kier alpha value is -2.34. The first-order valence-electron chi connectivity index (χ1n) is 11.2. The van der Waals surface area contributed by atoms with Crippen LogP contribution in [0.15, 0.2) is 30.0 Å². The average Bonchev–Trinajstić information content (AvgIpc) is 2.99. The molecule has 0 N–H and O–H groups in total. The zero-order valence-corrected chi connectivity index (χ0v) is 18.8. The molecule has 6 nitrogen and oxygen atoms in total. The summed E-state index contributed by atoms with van der Waals surface area (Å²) in [6, 6.07) is 7.79. The summed E-state index contributed by atoms with van der Waals surface area (Å²) in [5.41, 5.74) is 1.86. The summed E-state index contributed by atoms with van der Waals surface area (Å²) in [4.78, 5) is 32.6. The van der Waals surface area contributed by atoms with Crippen molar-refractivity contribution in [2.75, 3.05) is 40.3 Å². The van der Waals surface area contributed by atoms with E-state index in [-0.39, 0.29) is 17.9 Å². The molecule has 3 rings (SSSR count). The van der Waals surface area contributed by atoms with E-state index in [0.717, 1.165) is 56.5 Å². The third-order valence-corrected chi connectivity index (χ3v) is 6.17. The van der Waals surface area contributed by atoms with Gasteiger partial charge in [0.2, 0.25) is 0 Å². The molecule has 1 fully saturated rings. The highest BCUT2D eigenvalue weighted by atomic mass is 16.5. The Labute approximate surface area is 180 Å². The first kappa shape index (κ1) is 22.3. The number of carbonyl (C=O) groups is 2. The second kappa shape index (κ2) is 10.1. The van der Waals surface area contributed by atoms with Crippen molar-refractivity contribution >= 4 is 17.4 Å². The quantitative estimate of drug-likeness (QED) is 0.459. The number of amides is 2. The molecular formula is C24H35N3O3. The van der Waals surface area contributed by atoms with Crippen molar-refractivity contribution in [1.29, 1.82) is 0 Å². The summed E-state index contributed by atoms with van der Waals surface area (Å²) < 4.78 is 5.54. The highest BCUT2D eigenvalue weighted by Gasteiger charge is 2.42. The van der Waals surface area contributed by atoms with Crippen LogP contribution in [0.5, 0.6) is 5.75 Å². The van der Waals surface area contributed by atoms with E-state index in [1.807, 2.05) is 38.2 Å². The minimum absolute atomic E-state index is 0.151. The molecule has 0 unspecified atom stereocenters. The second-order valence-corrected chi connectivity index (χ2v) is 8.30. The Bertz CT molecular complexity index is 779. The van der Waals surface area contributed by atoms with Gasteiger partial charge in [-0.3, -0.25) is 14.5 Å². The van der Waals surface area contributed by atoms with Crippen LogP contribution in [0.4, 0.5) is 0 Å². The number of hydrogen-bond acceptors (Lipinski definition) is 5. The highest BCUT2D eigenvalue weighted by Crippen LogP contribution is 2.34. The van der Waals surface area contributed by atoms with Crippen molar-refractivity contribution in [3.63, 3.8) is 0 Å². The Morgan fingerprint density at radius 1 is 1.03 bits per heavy atom. The first-order valence-corrected chi connectivity index (χ1v) is 11.2. The number of ether oxygens (including phenoxy) is 1. The maximum Gasteiger partial charge on any atom is 0.277 e. The molecule has 0 bridgehead atoms. The van der Waals surface area contributed by atoms with Gasteiger partial charge in [-0.05, 0) is 64.0 Å². The molecule has 2 aliphatic rings. The van der Waals surface area contributed by atoms with Crippen LogP contribution in [0.1, 0.15) is 51.5 Å². The highest BCUT2D eigenvalue weighted by molar-refractivity contribution is 6.35. The molecule has 30 heavy (non-hydrogen) atoms. The number of carbonyl (C=O) groups excluding carboxylic acids is 2. The number of nitrogens with zero attached hydrogens (tertiary/aromatic N) is 3. The molecule has 2 amide bonds. The summed E-state index contributed by atoms with van der Waals surface area (Å²) in [5.74, 6) is 0.445. The van der Waals surface area contributed by atoms with Crippen molar-refractivity contribution in [1.82, 2.24) is 14.7 Å². The van der Waals surface area contributed by atoms with Crippen molar-refractivity contribution in [2.24, 2.45) is 0 Å². The van der Waals surface area contributed by atoms with Crippen LogP contribution in [-0.2, 0) is 9.59 Å². The number of rotatable bonds is 9. The second-order valence-electron chi connectivity index (χ2n) is 8.30. The summed E-state index contributed by atoms with van der Waals surface area (Å²) in [5, 5.41) is 0. The third kappa shape index (κ3) is 4.69. The average molecular weight is 414 g/mol. The van der Waals surface area contributed by atoms with E-state index in [0.29, 0.717) is 24.4 Å². The lowest BCUT2D eigenvalue weighted by molar-refractivity contribution is -0.137. The largest absolute Gasteiger partial charge is 0.494 e. The van der Waals surface area contributed by atoms with E-state index in [2.05, 4.69) is 23.8 Å². The molecule has 1 aromatic rings. The molecule has 0 atom stereocenters. The number of piperidine rings is 1. The van der Waals surface area contributed by atoms with Gasteiger partial charge in [0.25, 0.3) is 11.8 Å². The van der Waals surface area contributed by atoms with Crippen molar-refractivity contribution < 1.29 is 14.3 Å². The maximum absolute atomic E-state index is 13.4.